The summed E-state index contributed by atoms with van der Waals surface area (Å²) in [5.41, 5.74) is -0.731. The highest BCUT2D eigenvalue weighted by molar-refractivity contribution is 7.89. The van der Waals surface area contributed by atoms with Crippen LogP contribution in [0.4, 0.5) is 13.2 Å². The lowest BCUT2D eigenvalue weighted by Gasteiger charge is -2.20. The minimum Gasteiger partial charge on any atom is -0.305 e. The summed E-state index contributed by atoms with van der Waals surface area (Å²) in [4.78, 5) is 7.29. The third-order valence-corrected chi connectivity index (χ3v) is 4.63. The average Bonchev–Trinajstić information content (AvgIpc) is 3.06. The number of sulfonamides is 1. The van der Waals surface area contributed by atoms with Crippen LogP contribution >= 0.6 is 0 Å². The maximum Gasteiger partial charge on any atom is 0.418 e. The Morgan fingerprint density at radius 1 is 1.15 bits per heavy atom. The van der Waals surface area contributed by atoms with Crippen molar-refractivity contribution < 1.29 is 21.6 Å². The molecule has 0 spiro atoms. The van der Waals surface area contributed by atoms with E-state index in [1.165, 1.54) is 30.9 Å². The first kappa shape index (κ1) is 18.1. The molecule has 0 aliphatic carbocycles. The van der Waals surface area contributed by atoms with Crippen LogP contribution in [-0.2, 0) is 16.2 Å². The molecule has 1 aromatic carbocycles. The Hall–Kier alpha value is -2.72. The zero-order chi connectivity index (χ0) is 19.1. The second-order valence-electron chi connectivity index (χ2n) is 5.60. The van der Waals surface area contributed by atoms with Crippen LogP contribution in [0, 0.1) is 6.92 Å². The lowest BCUT2D eigenvalue weighted by atomic mass is 9.99. The highest BCUT2D eigenvalue weighted by Crippen LogP contribution is 2.41. The molecule has 2 aromatic heterocycles. The normalized spacial score (nSPS) is 12.3. The fraction of sp³-hybridized carbons (Fsp3) is 0.125. The van der Waals surface area contributed by atoms with Gasteiger partial charge in [0, 0.05) is 35.9 Å². The Morgan fingerprint density at radius 3 is 2.42 bits per heavy atom. The number of primary sulfonamides is 1. The van der Waals surface area contributed by atoms with Gasteiger partial charge in [0.25, 0.3) is 0 Å². The van der Waals surface area contributed by atoms with Crippen LogP contribution in [0.25, 0.3) is 16.8 Å². The predicted molar refractivity (Wildman–Crippen MR) is 87.9 cm³/mol. The van der Waals surface area contributed by atoms with Crippen LogP contribution in [-0.4, -0.2) is 23.0 Å². The number of benzene rings is 1. The molecule has 0 aliphatic heterocycles. The molecule has 0 fully saturated rings. The van der Waals surface area contributed by atoms with E-state index < -0.39 is 26.7 Å². The summed E-state index contributed by atoms with van der Waals surface area (Å²) in [6.45, 7) is 1.69. The summed E-state index contributed by atoms with van der Waals surface area (Å²) in [7, 11) is -4.30. The molecule has 0 radical (unpaired) electrons. The van der Waals surface area contributed by atoms with Gasteiger partial charge in [0.1, 0.15) is 0 Å². The number of nitrogens with zero attached hydrogens (tertiary/aromatic N) is 3. The number of hydrogen-bond acceptors (Lipinski definition) is 4. The van der Waals surface area contributed by atoms with Crippen molar-refractivity contribution in [2.75, 3.05) is 0 Å². The molecule has 0 saturated heterocycles. The summed E-state index contributed by atoms with van der Waals surface area (Å²) in [6, 6.07) is 3.09. The molecule has 2 N–H and O–H groups in total. The standard InChI is InChI=1S/C16H13F3N4O2S/c1-10-6-11(8-22-7-10)14-13(26(20,24)25)3-2-12(16(17,18)19)15(14)23-5-4-21-9-23/h2-9H,1H3,(H2,20,24,25). The van der Waals surface area contributed by atoms with E-state index >= 15 is 0 Å². The van der Waals surface area contributed by atoms with Gasteiger partial charge in [-0.1, -0.05) is 0 Å². The molecular formula is C16H13F3N4O2S. The predicted octanol–water partition coefficient (Wildman–Crippen LogP) is 2.91. The van der Waals surface area contributed by atoms with Gasteiger partial charge in [-0.15, -0.1) is 0 Å². The molecule has 0 amide bonds. The summed E-state index contributed by atoms with van der Waals surface area (Å²) >= 11 is 0. The van der Waals surface area contributed by atoms with Gasteiger partial charge >= 0.3 is 6.18 Å². The summed E-state index contributed by atoms with van der Waals surface area (Å²) in [5.74, 6) is 0. The number of hydrogen-bond donors (Lipinski definition) is 1. The Labute approximate surface area is 147 Å². The monoisotopic (exact) mass is 382 g/mol. The highest BCUT2D eigenvalue weighted by atomic mass is 32.2. The number of aromatic nitrogens is 3. The molecular weight excluding hydrogens is 369 g/mol. The second-order valence-corrected chi connectivity index (χ2v) is 7.13. The molecule has 0 unspecified atom stereocenters. The highest BCUT2D eigenvalue weighted by Gasteiger charge is 2.37. The van der Waals surface area contributed by atoms with Crippen LogP contribution < -0.4 is 5.14 Å². The van der Waals surface area contributed by atoms with E-state index in [9.17, 15) is 21.6 Å². The number of nitrogens with two attached hydrogens (primary N) is 1. The summed E-state index contributed by atoms with van der Waals surface area (Å²) in [5, 5.41) is 5.26. The first-order valence-corrected chi connectivity index (χ1v) is 8.81. The maximum absolute atomic E-state index is 13.6. The van der Waals surface area contributed by atoms with Gasteiger partial charge in [-0.05, 0) is 30.7 Å². The third kappa shape index (κ3) is 3.33. The van der Waals surface area contributed by atoms with Gasteiger partial charge in [-0.2, -0.15) is 13.2 Å². The van der Waals surface area contributed by atoms with Gasteiger partial charge in [0.2, 0.25) is 10.0 Å². The molecule has 0 bridgehead atoms. The van der Waals surface area contributed by atoms with Crippen LogP contribution in [0.1, 0.15) is 11.1 Å². The number of rotatable bonds is 3. The fourth-order valence-electron chi connectivity index (χ4n) is 2.67. The molecule has 3 rings (SSSR count). The number of pyridine rings is 1. The van der Waals surface area contributed by atoms with Crippen molar-refractivity contribution in [2.24, 2.45) is 5.14 Å². The number of imidazole rings is 1. The van der Waals surface area contributed by atoms with E-state index in [1.54, 1.807) is 6.92 Å². The van der Waals surface area contributed by atoms with E-state index in [4.69, 9.17) is 5.14 Å². The molecule has 10 heteroatoms. The average molecular weight is 382 g/mol. The van der Waals surface area contributed by atoms with E-state index in [1.807, 2.05) is 0 Å². The van der Waals surface area contributed by atoms with E-state index in [2.05, 4.69) is 9.97 Å². The molecule has 6 nitrogen and oxygen atoms in total. The lowest BCUT2D eigenvalue weighted by Crippen LogP contribution is -2.18. The molecule has 3 aromatic rings. The zero-order valence-corrected chi connectivity index (χ0v) is 14.2. The SMILES string of the molecule is Cc1cncc(-c2c(S(N)(=O)=O)ccc(C(F)(F)F)c2-n2ccnc2)c1. The summed E-state index contributed by atoms with van der Waals surface area (Å²) in [6.07, 6.45) is 1.82. The van der Waals surface area contributed by atoms with Crippen molar-refractivity contribution >= 4 is 10.0 Å². The number of halogens is 3. The van der Waals surface area contributed by atoms with Crippen LogP contribution in [0.15, 0.2) is 54.2 Å². The van der Waals surface area contributed by atoms with Crippen molar-refractivity contribution in [1.82, 2.24) is 14.5 Å². The van der Waals surface area contributed by atoms with Gasteiger partial charge < -0.3 is 4.57 Å². The van der Waals surface area contributed by atoms with Gasteiger partial charge in [0.05, 0.1) is 22.5 Å². The fourth-order valence-corrected chi connectivity index (χ4v) is 3.43. The lowest BCUT2D eigenvalue weighted by molar-refractivity contribution is -0.137. The molecule has 26 heavy (non-hydrogen) atoms. The number of aryl methyl sites for hydroxylation is 1. The maximum atomic E-state index is 13.6. The molecule has 0 atom stereocenters. The minimum atomic E-state index is -4.72. The molecule has 136 valence electrons. The first-order valence-electron chi connectivity index (χ1n) is 7.26. The largest absolute Gasteiger partial charge is 0.418 e. The van der Waals surface area contributed by atoms with Gasteiger partial charge in [0.15, 0.2) is 0 Å². The van der Waals surface area contributed by atoms with Crippen molar-refractivity contribution in [3.05, 3.63) is 60.4 Å². The molecule has 2 heterocycles. The molecule has 0 aliphatic rings. The smallest absolute Gasteiger partial charge is 0.305 e. The van der Waals surface area contributed by atoms with Crippen LogP contribution in [0.2, 0.25) is 0 Å². The third-order valence-electron chi connectivity index (χ3n) is 3.68. The minimum absolute atomic E-state index is 0.184. The Morgan fingerprint density at radius 2 is 1.88 bits per heavy atom. The summed E-state index contributed by atoms with van der Waals surface area (Å²) < 4.78 is 66.0. The van der Waals surface area contributed by atoms with Gasteiger partial charge in [-0.25, -0.2) is 18.5 Å². The van der Waals surface area contributed by atoms with Crippen molar-refractivity contribution in [2.45, 2.75) is 18.0 Å². The van der Waals surface area contributed by atoms with Crippen molar-refractivity contribution in [1.29, 1.82) is 0 Å². The first-order chi connectivity index (χ1) is 12.1. The van der Waals surface area contributed by atoms with Crippen LogP contribution in [0.3, 0.4) is 0 Å². The van der Waals surface area contributed by atoms with Crippen molar-refractivity contribution in [3.8, 4) is 16.8 Å². The Kier molecular flexibility index (Phi) is 4.32. The second kappa shape index (κ2) is 6.22. The topological polar surface area (TPSA) is 90.9 Å². The zero-order valence-electron chi connectivity index (χ0n) is 13.4. The van der Waals surface area contributed by atoms with E-state index in [0.29, 0.717) is 11.6 Å². The van der Waals surface area contributed by atoms with Crippen molar-refractivity contribution in [3.63, 3.8) is 0 Å². The van der Waals surface area contributed by atoms with E-state index in [0.717, 1.165) is 17.0 Å². The quantitative estimate of drug-likeness (QED) is 0.754. The number of alkyl halides is 3. The molecule has 0 saturated carbocycles. The van der Waals surface area contributed by atoms with E-state index in [-0.39, 0.29) is 16.8 Å². The Balaban J connectivity index is 2.52. The van der Waals surface area contributed by atoms with Crippen LogP contribution in [0.5, 0.6) is 0 Å². The van der Waals surface area contributed by atoms with Gasteiger partial charge in [-0.3, -0.25) is 4.98 Å². The Bertz CT molecular complexity index is 1060.